The highest BCUT2D eigenvalue weighted by Crippen LogP contribution is 2.16. The molecule has 1 aliphatic rings. The highest BCUT2D eigenvalue weighted by molar-refractivity contribution is 5.84. The lowest BCUT2D eigenvalue weighted by molar-refractivity contribution is -0.130. The Morgan fingerprint density at radius 1 is 1.47 bits per heavy atom. The Labute approximate surface area is 100 Å². The van der Waals surface area contributed by atoms with E-state index in [4.69, 9.17) is 5.73 Å². The van der Waals surface area contributed by atoms with Crippen molar-refractivity contribution < 1.29 is 9.18 Å². The van der Waals surface area contributed by atoms with Crippen LogP contribution in [0.5, 0.6) is 0 Å². The van der Waals surface area contributed by atoms with Crippen molar-refractivity contribution in [1.29, 1.82) is 0 Å². The number of carbonyl (C=O) groups excluding carboxylic acids is 1. The molecule has 2 rings (SSSR count). The molecule has 0 aliphatic carbocycles. The lowest BCUT2D eigenvalue weighted by Gasteiger charge is -2.24. The minimum atomic E-state index is -0.342. The molecule has 0 spiro atoms. The zero-order valence-electron chi connectivity index (χ0n) is 9.90. The average Bonchev–Trinajstić information content (AvgIpc) is 2.63. The largest absolute Gasteiger partial charge is 0.338 e. The molecule has 0 saturated carbocycles. The highest BCUT2D eigenvalue weighted by atomic mass is 19.1. The van der Waals surface area contributed by atoms with Gasteiger partial charge in [-0.1, -0.05) is 12.1 Å². The highest BCUT2D eigenvalue weighted by Gasteiger charge is 2.31. The molecule has 0 radical (unpaired) electrons. The van der Waals surface area contributed by atoms with E-state index in [9.17, 15) is 9.18 Å². The van der Waals surface area contributed by atoms with E-state index < -0.39 is 0 Å². The SMILES string of the molecule is CC(Cc1ccc(F)cc1)N1CCC(N)C1=O. The molecule has 1 aromatic carbocycles. The predicted molar refractivity (Wildman–Crippen MR) is 63.9 cm³/mol. The van der Waals surface area contributed by atoms with Crippen LogP contribution in [0.25, 0.3) is 0 Å². The smallest absolute Gasteiger partial charge is 0.239 e. The van der Waals surface area contributed by atoms with E-state index in [-0.39, 0.29) is 23.8 Å². The van der Waals surface area contributed by atoms with Gasteiger partial charge in [0.2, 0.25) is 5.91 Å². The summed E-state index contributed by atoms with van der Waals surface area (Å²) in [6, 6.07) is 6.17. The fraction of sp³-hybridized carbons (Fsp3) is 0.462. The lowest BCUT2D eigenvalue weighted by Crippen LogP contribution is -2.40. The van der Waals surface area contributed by atoms with Crippen LogP contribution in [-0.4, -0.2) is 29.4 Å². The van der Waals surface area contributed by atoms with Crippen molar-refractivity contribution >= 4 is 5.91 Å². The van der Waals surface area contributed by atoms with Gasteiger partial charge in [0, 0.05) is 12.6 Å². The number of rotatable bonds is 3. The van der Waals surface area contributed by atoms with Crippen LogP contribution in [0.15, 0.2) is 24.3 Å². The summed E-state index contributed by atoms with van der Waals surface area (Å²) in [6.07, 6.45) is 1.46. The van der Waals surface area contributed by atoms with Crippen molar-refractivity contribution in [2.45, 2.75) is 31.8 Å². The first-order valence-corrected chi connectivity index (χ1v) is 5.88. The second kappa shape index (κ2) is 4.84. The van der Waals surface area contributed by atoms with E-state index in [0.29, 0.717) is 0 Å². The fourth-order valence-electron chi connectivity index (χ4n) is 2.23. The molecule has 0 bridgehead atoms. The van der Waals surface area contributed by atoms with Crippen molar-refractivity contribution in [2.75, 3.05) is 6.54 Å². The van der Waals surface area contributed by atoms with Crippen LogP contribution in [0, 0.1) is 5.82 Å². The molecule has 0 aromatic heterocycles. The van der Waals surface area contributed by atoms with Gasteiger partial charge in [0.05, 0.1) is 6.04 Å². The number of benzene rings is 1. The van der Waals surface area contributed by atoms with Crippen molar-refractivity contribution in [3.8, 4) is 0 Å². The van der Waals surface area contributed by atoms with Gasteiger partial charge in [-0.2, -0.15) is 0 Å². The van der Waals surface area contributed by atoms with Gasteiger partial charge in [-0.3, -0.25) is 4.79 Å². The molecule has 2 atom stereocenters. The van der Waals surface area contributed by atoms with Gasteiger partial charge in [0.1, 0.15) is 5.82 Å². The van der Waals surface area contributed by atoms with Crippen LogP contribution in [0.3, 0.4) is 0 Å². The Kier molecular flexibility index (Phi) is 3.43. The van der Waals surface area contributed by atoms with Crippen LogP contribution in [0.1, 0.15) is 18.9 Å². The van der Waals surface area contributed by atoms with Crippen molar-refractivity contribution in [3.05, 3.63) is 35.6 Å². The van der Waals surface area contributed by atoms with E-state index in [1.807, 2.05) is 11.8 Å². The number of nitrogens with two attached hydrogens (primary N) is 1. The minimum Gasteiger partial charge on any atom is -0.338 e. The van der Waals surface area contributed by atoms with E-state index in [2.05, 4.69) is 0 Å². The lowest BCUT2D eigenvalue weighted by atomic mass is 10.1. The molecule has 2 N–H and O–H groups in total. The number of halogens is 1. The van der Waals surface area contributed by atoms with Crippen LogP contribution in [0.4, 0.5) is 4.39 Å². The van der Waals surface area contributed by atoms with Crippen molar-refractivity contribution in [2.24, 2.45) is 5.73 Å². The summed E-state index contributed by atoms with van der Waals surface area (Å²) in [7, 11) is 0. The van der Waals surface area contributed by atoms with Gasteiger partial charge in [0.15, 0.2) is 0 Å². The first-order chi connectivity index (χ1) is 8.08. The Morgan fingerprint density at radius 2 is 2.12 bits per heavy atom. The molecule has 1 aliphatic heterocycles. The number of hydrogen-bond acceptors (Lipinski definition) is 2. The minimum absolute atomic E-state index is 0.0274. The number of amides is 1. The van der Waals surface area contributed by atoms with Crippen molar-refractivity contribution in [1.82, 2.24) is 4.90 Å². The number of hydrogen-bond donors (Lipinski definition) is 1. The van der Waals surface area contributed by atoms with Gasteiger partial charge in [-0.25, -0.2) is 4.39 Å². The van der Waals surface area contributed by atoms with Gasteiger partial charge in [0.25, 0.3) is 0 Å². The fourth-order valence-corrected chi connectivity index (χ4v) is 2.23. The van der Waals surface area contributed by atoms with Crippen LogP contribution in [-0.2, 0) is 11.2 Å². The van der Waals surface area contributed by atoms with Crippen LogP contribution >= 0.6 is 0 Å². The maximum absolute atomic E-state index is 12.8. The molecular formula is C13H17FN2O. The Hall–Kier alpha value is -1.42. The normalized spacial score (nSPS) is 21.9. The summed E-state index contributed by atoms with van der Waals surface area (Å²) in [5.74, 6) is -0.208. The van der Waals surface area contributed by atoms with E-state index in [1.54, 1.807) is 12.1 Å². The molecule has 17 heavy (non-hydrogen) atoms. The monoisotopic (exact) mass is 236 g/mol. The molecule has 2 unspecified atom stereocenters. The summed E-state index contributed by atoms with van der Waals surface area (Å²) >= 11 is 0. The van der Waals surface area contributed by atoms with Crippen LogP contribution < -0.4 is 5.73 Å². The topological polar surface area (TPSA) is 46.3 Å². The number of likely N-dealkylation sites (tertiary alicyclic amines) is 1. The zero-order chi connectivity index (χ0) is 12.4. The quantitative estimate of drug-likeness (QED) is 0.860. The third kappa shape index (κ3) is 2.64. The van der Waals surface area contributed by atoms with Gasteiger partial charge in [-0.15, -0.1) is 0 Å². The number of nitrogens with zero attached hydrogens (tertiary/aromatic N) is 1. The molecule has 1 heterocycles. The molecule has 4 heteroatoms. The summed E-state index contributed by atoms with van der Waals surface area (Å²) in [5.41, 5.74) is 6.71. The third-order valence-electron chi connectivity index (χ3n) is 3.26. The van der Waals surface area contributed by atoms with E-state index >= 15 is 0 Å². The Balaban J connectivity index is 1.99. The molecule has 3 nitrogen and oxygen atoms in total. The van der Waals surface area contributed by atoms with Gasteiger partial charge < -0.3 is 10.6 Å². The second-order valence-electron chi connectivity index (χ2n) is 4.61. The predicted octanol–water partition coefficient (Wildman–Crippen LogP) is 1.32. The summed E-state index contributed by atoms with van der Waals surface area (Å²) in [4.78, 5) is 13.5. The third-order valence-corrected chi connectivity index (χ3v) is 3.26. The first kappa shape index (κ1) is 12.0. The zero-order valence-corrected chi connectivity index (χ0v) is 9.90. The van der Waals surface area contributed by atoms with Gasteiger partial charge >= 0.3 is 0 Å². The first-order valence-electron chi connectivity index (χ1n) is 5.88. The maximum Gasteiger partial charge on any atom is 0.239 e. The van der Waals surface area contributed by atoms with E-state index in [0.717, 1.165) is 24.9 Å². The summed E-state index contributed by atoms with van der Waals surface area (Å²) in [5, 5.41) is 0. The molecular weight excluding hydrogens is 219 g/mol. The standard InChI is InChI=1S/C13H17FN2O/c1-9(16-7-6-12(15)13(16)17)8-10-2-4-11(14)5-3-10/h2-5,9,12H,6-8,15H2,1H3. The van der Waals surface area contributed by atoms with Crippen molar-refractivity contribution in [3.63, 3.8) is 0 Å². The molecule has 1 fully saturated rings. The molecule has 1 aromatic rings. The average molecular weight is 236 g/mol. The van der Waals surface area contributed by atoms with E-state index in [1.165, 1.54) is 12.1 Å². The Bertz CT molecular complexity index is 404. The molecule has 92 valence electrons. The number of carbonyl (C=O) groups is 1. The summed E-state index contributed by atoms with van der Waals surface area (Å²) < 4.78 is 12.8. The summed E-state index contributed by atoms with van der Waals surface area (Å²) in [6.45, 7) is 2.72. The van der Waals surface area contributed by atoms with Crippen LogP contribution in [0.2, 0.25) is 0 Å². The Morgan fingerprint density at radius 3 is 2.65 bits per heavy atom. The molecule has 1 saturated heterocycles. The van der Waals surface area contributed by atoms with Gasteiger partial charge in [-0.05, 0) is 37.5 Å². The maximum atomic E-state index is 12.8. The molecule has 1 amide bonds. The second-order valence-corrected chi connectivity index (χ2v) is 4.61.